The van der Waals surface area contributed by atoms with E-state index in [2.05, 4.69) is 5.32 Å². The maximum atomic E-state index is 12.6. The van der Waals surface area contributed by atoms with Crippen molar-refractivity contribution < 1.29 is 9.59 Å². The topological polar surface area (TPSA) is 49.4 Å². The summed E-state index contributed by atoms with van der Waals surface area (Å²) in [6.45, 7) is 8.15. The second-order valence-corrected chi connectivity index (χ2v) is 7.16. The molecule has 2 rings (SSSR count). The summed E-state index contributed by atoms with van der Waals surface area (Å²) < 4.78 is 0. The van der Waals surface area contributed by atoms with Crippen molar-refractivity contribution in [2.75, 3.05) is 0 Å². The van der Waals surface area contributed by atoms with Crippen LogP contribution in [0.3, 0.4) is 0 Å². The molecule has 0 radical (unpaired) electrons. The van der Waals surface area contributed by atoms with Gasteiger partial charge in [0.2, 0.25) is 5.91 Å². The smallest absolute Gasteiger partial charge is 0.243 e. The minimum Gasteiger partial charge on any atom is -0.361 e. The van der Waals surface area contributed by atoms with Crippen LogP contribution in [0.4, 0.5) is 0 Å². The quantitative estimate of drug-likeness (QED) is 0.929. The predicted octanol–water partition coefficient (Wildman–Crippen LogP) is 3.04. The van der Waals surface area contributed by atoms with Crippen LogP contribution in [0.25, 0.3) is 0 Å². The molecule has 1 aliphatic heterocycles. The molecule has 0 saturated carbocycles. The molecule has 1 unspecified atom stereocenters. The van der Waals surface area contributed by atoms with Gasteiger partial charge in [0.05, 0.1) is 0 Å². The molecular weight excluding hydrogens is 288 g/mol. The number of nitrogens with zero attached hydrogens (tertiary/aromatic N) is 1. The number of rotatable bonds is 4. The number of allylic oxidation sites excluding steroid dienone is 1. The van der Waals surface area contributed by atoms with Gasteiger partial charge in [-0.3, -0.25) is 9.59 Å². The van der Waals surface area contributed by atoms with E-state index in [1.54, 1.807) is 6.92 Å². The van der Waals surface area contributed by atoms with Gasteiger partial charge < -0.3 is 10.2 Å². The van der Waals surface area contributed by atoms with Gasteiger partial charge >= 0.3 is 0 Å². The Hall–Kier alpha value is -2.10. The first-order chi connectivity index (χ1) is 10.8. The second-order valence-electron chi connectivity index (χ2n) is 7.16. The zero-order chi connectivity index (χ0) is 17.0. The number of carbonyl (C=O) groups excluding carboxylic acids is 2. The molecule has 124 valence electrons. The van der Waals surface area contributed by atoms with E-state index < -0.39 is 0 Å². The van der Waals surface area contributed by atoms with Crippen molar-refractivity contribution in [3.63, 3.8) is 0 Å². The SMILES string of the molecule is CC(=O)C1=CN(Cc2ccccc2)C(C(=O)NC(C)(C)C)CC1. The Morgan fingerprint density at radius 3 is 2.43 bits per heavy atom. The number of benzene rings is 1. The Kier molecular flexibility index (Phi) is 5.24. The standard InChI is InChI=1S/C19H26N2O2/c1-14(22)16-10-11-17(18(23)20-19(2,3)4)21(13-16)12-15-8-6-5-7-9-15/h5-9,13,17H,10-12H2,1-4H3,(H,20,23). The summed E-state index contributed by atoms with van der Waals surface area (Å²) in [5.41, 5.74) is 1.66. The van der Waals surface area contributed by atoms with Crippen molar-refractivity contribution in [2.45, 2.75) is 58.7 Å². The van der Waals surface area contributed by atoms with Crippen LogP contribution >= 0.6 is 0 Å². The van der Waals surface area contributed by atoms with Crippen LogP contribution in [0.5, 0.6) is 0 Å². The molecule has 1 aliphatic rings. The van der Waals surface area contributed by atoms with Gasteiger partial charge in [-0.05, 0) is 46.1 Å². The summed E-state index contributed by atoms with van der Waals surface area (Å²) >= 11 is 0. The van der Waals surface area contributed by atoms with E-state index in [0.717, 1.165) is 11.1 Å². The molecule has 0 aromatic heterocycles. The molecule has 0 aliphatic carbocycles. The van der Waals surface area contributed by atoms with Gasteiger partial charge in [0, 0.05) is 23.9 Å². The van der Waals surface area contributed by atoms with Crippen LogP contribution in [-0.4, -0.2) is 28.2 Å². The highest BCUT2D eigenvalue weighted by atomic mass is 16.2. The Bertz CT molecular complexity index is 600. The van der Waals surface area contributed by atoms with Crippen LogP contribution < -0.4 is 5.32 Å². The molecule has 1 amide bonds. The molecule has 4 heteroatoms. The molecule has 4 nitrogen and oxygen atoms in total. The van der Waals surface area contributed by atoms with Gasteiger partial charge in [-0.25, -0.2) is 0 Å². The lowest BCUT2D eigenvalue weighted by atomic mass is 9.96. The zero-order valence-corrected chi connectivity index (χ0v) is 14.4. The summed E-state index contributed by atoms with van der Waals surface area (Å²) in [6.07, 6.45) is 3.19. The first kappa shape index (κ1) is 17.3. The van der Waals surface area contributed by atoms with Gasteiger partial charge in [-0.15, -0.1) is 0 Å². The summed E-state index contributed by atoms with van der Waals surface area (Å²) in [5.74, 6) is 0.102. The number of hydrogen-bond donors (Lipinski definition) is 1. The van der Waals surface area contributed by atoms with Crippen LogP contribution in [0.2, 0.25) is 0 Å². The zero-order valence-electron chi connectivity index (χ0n) is 14.4. The van der Waals surface area contributed by atoms with Gasteiger partial charge in [0.1, 0.15) is 6.04 Å². The molecule has 0 fully saturated rings. The maximum absolute atomic E-state index is 12.6. The first-order valence-corrected chi connectivity index (χ1v) is 8.09. The lowest BCUT2D eigenvalue weighted by Crippen LogP contribution is -2.51. The molecule has 0 spiro atoms. The highest BCUT2D eigenvalue weighted by Gasteiger charge is 2.30. The molecular formula is C19H26N2O2. The van der Waals surface area contributed by atoms with Gasteiger partial charge in [0.15, 0.2) is 5.78 Å². The Labute approximate surface area is 138 Å². The average molecular weight is 314 g/mol. The lowest BCUT2D eigenvalue weighted by molar-refractivity contribution is -0.128. The summed E-state index contributed by atoms with van der Waals surface area (Å²) in [5, 5.41) is 3.05. The fraction of sp³-hybridized carbons (Fsp3) is 0.474. The highest BCUT2D eigenvalue weighted by molar-refractivity contribution is 5.94. The van der Waals surface area contributed by atoms with Crippen LogP contribution in [0, 0.1) is 0 Å². The molecule has 1 aromatic carbocycles. The number of carbonyl (C=O) groups is 2. The average Bonchev–Trinajstić information content (AvgIpc) is 2.46. The van der Waals surface area contributed by atoms with Crippen molar-refractivity contribution in [1.29, 1.82) is 0 Å². The molecule has 1 heterocycles. The molecule has 0 saturated heterocycles. The second kappa shape index (κ2) is 6.99. The number of hydrogen-bond acceptors (Lipinski definition) is 3. The predicted molar refractivity (Wildman–Crippen MR) is 91.7 cm³/mol. The van der Waals surface area contributed by atoms with E-state index in [9.17, 15) is 9.59 Å². The van der Waals surface area contributed by atoms with Crippen molar-refractivity contribution in [3.8, 4) is 0 Å². The largest absolute Gasteiger partial charge is 0.361 e. The fourth-order valence-corrected chi connectivity index (χ4v) is 2.76. The third kappa shape index (κ3) is 4.95. The normalized spacial score (nSPS) is 18.3. The van der Waals surface area contributed by atoms with Crippen LogP contribution in [0.1, 0.15) is 46.1 Å². The molecule has 1 aromatic rings. The van der Waals surface area contributed by atoms with Crippen molar-refractivity contribution >= 4 is 11.7 Å². The van der Waals surface area contributed by atoms with Gasteiger partial charge in [-0.1, -0.05) is 30.3 Å². The van der Waals surface area contributed by atoms with E-state index in [1.165, 1.54) is 0 Å². The molecule has 23 heavy (non-hydrogen) atoms. The molecule has 1 N–H and O–H groups in total. The summed E-state index contributed by atoms with van der Waals surface area (Å²) in [4.78, 5) is 26.3. The maximum Gasteiger partial charge on any atom is 0.243 e. The Balaban J connectivity index is 2.22. The number of nitrogens with one attached hydrogen (secondary N) is 1. The van der Waals surface area contributed by atoms with E-state index in [0.29, 0.717) is 19.4 Å². The fourth-order valence-electron chi connectivity index (χ4n) is 2.76. The minimum atomic E-state index is -0.264. The highest BCUT2D eigenvalue weighted by Crippen LogP contribution is 2.24. The number of ketones is 1. The summed E-state index contributed by atoms with van der Waals surface area (Å²) in [7, 11) is 0. The van der Waals surface area contributed by atoms with Crippen molar-refractivity contribution in [3.05, 3.63) is 47.7 Å². The van der Waals surface area contributed by atoms with E-state index >= 15 is 0 Å². The van der Waals surface area contributed by atoms with E-state index in [1.807, 2.05) is 62.2 Å². The number of Topliss-reactive ketones (excluding diaryl/α,β-unsaturated/α-hetero) is 1. The third-order valence-electron chi connectivity index (χ3n) is 3.87. The monoisotopic (exact) mass is 314 g/mol. The molecule has 0 bridgehead atoms. The van der Waals surface area contributed by atoms with E-state index in [4.69, 9.17) is 0 Å². The van der Waals surface area contributed by atoms with Crippen molar-refractivity contribution in [1.82, 2.24) is 10.2 Å². The summed E-state index contributed by atoms with van der Waals surface area (Å²) in [6, 6.07) is 9.78. The van der Waals surface area contributed by atoms with Gasteiger partial charge in [0.25, 0.3) is 0 Å². The van der Waals surface area contributed by atoms with E-state index in [-0.39, 0.29) is 23.3 Å². The van der Waals surface area contributed by atoms with Crippen LogP contribution in [0.15, 0.2) is 42.1 Å². The third-order valence-corrected chi connectivity index (χ3v) is 3.87. The van der Waals surface area contributed by atoms with Crippen LogP contribution in [-0.2, 0) is 16.1 Å². The minimum absolute atomic E-state index is 0.0206. The Morgan fingerprint density at radius 1 is 1.22 bits per heavy atom. The lowest BCUT2D eigenvalue weighted by Gasteiger charge is -2.36. The first-order valence-electron chi connectivity index (χ1n) is 8.09. The Morgan fingerprint density at radius 2 is 1.87 bits per heavy atom. The molecule has 1 atom stereocenters. The van der Waals surface area contributed by atoms with Gasteiger partial charge in [-0.2, -0.15) is 0 Å². The van der Waals surface area contributed by atoms with Crippen molar-refractivity contribution in [2.24, 2.45) is 0 Å². The number of amides is 1.